The number of anilines is 2. The molecule has 0 aliphatic heterocycles. The summed E-state index contributed by atoms with van der Waals surface area (Å²) in [5.41, 5.74) is 1.87. The summed E-state index contributed by atoms with van der Waals surface area (Å²) in [7, 11) is 0. The zero-order valence-corrected chi connectivity index (χ0v) is 13.6. The number of nitro benzene ring substituents is 1. The highest BCUT2D eigenvalue weighted by Crippen LogP contribution is 2.33. The summed E-state index contributed by atoms with van der Waals surface area (Å²) >= 11 is 5.78. The van der Waals surface area contributed by atoms with Crippen LogP contribution in [0.2, 0.25) is 5.02 Å². The number of nitrogens with one attached hydrogen (secondary N) is 1. The molecular weight excluding hydrogens is 347 g/mol. The molecule has 0 bridgehead atoms. The quantitative estimate of drug-likeness (QED) is 0.534. The lowest BCUT2D eigenvalue weighted by atomic mass is 10.1. The lowest BCUT2D eigenvalue weighted by Crippen LogP contribution is -1.99. The highest BCUT2D eigenvalue weighted by Gasteiger charge is 2.17. The maximum absolute atomic E-state index is 13.3. The third-order valence-corrected chi connectivity index (χ3v) is 3.98. The van der Waals surface area contributed by atoms with Crippen molar-refractivity contribution in [1.82, 2.24) is 4.98 Å². The lowest BCUT2D eigenvalue weighted by molar-refractivity contribution is -0.385. The van der Waals surface area contributed by atoms with Crippen LogP contribution < -0.4 is 5.32 Å². The van der Waals surface area contributed by atoms with Crippen molar-refractivity contribution in [2.45, 2.75) is 6.92 Å². The molecule has 2 aromatic carbocycles. The Kier molecular flexibility index (Phi) is 4.21. The Labute approximate surface area is 146 Å². The smallest absolute Gasteiger partial charge is 0.273 e. The Hall–Kier alpha value is -3.24. The summed E-state index contributed by atoms with van der Waals surface area (Å²) < 4.78 is 13.3. The average molecular weight is 357 g/mol. The fourth-order valence-corrected chi connectivity index (χ4v) is 2.65. The van der Waals surface area contributed by atoms with Gasteiger partial charge in [0.05, 0.1) is 26.7 Å². The predicted molar refractivity (Wildman–Crippen MR) is 92.5 cm³/mol. The number of aryl methyl sites for hydroxylation is 1. The van der Waals surface area contributed by atoms with Crippen LogP contribution in [0, 0.1) is 34.2 Å². The second-order valence-corrected chi connectivity index (χ2v) is 5.73. The van der Waals surface area contributed by atoms with Gasteiger partial charge in [-0.1, -0.05) is 11.6 Å². The highest BCUT2D eigenvalue weighted by atomic mass is 35.5. The summed E-state index contributed by atoms with van der Waals surface area (Å²) in [4.78, 5) is 14.9. The number of rotatable bonds is 3. The van der Waals surface area contributed by atoms with Gasteiger partial charge in [0.2, 0.25) is 0 Å². The third-order valence-electron chi connectivity index (χ3n) is 3.69. The molecule has 0 saturated carbocycles. The summed E-state index contributed by atoms with van der Waals surface area (Å²) in [6.45, 7) is 1.62. The van der Waals surface area contributed by atoms with Gasteiger partial charge in [-0.2, -0.15) is 5.26 Å². The number of aromatic nitrogens is 1. The Morgan fingerprint density at radius 1 is 1.36 bits per heavy atom. The van der Waals surface area contributed by atoms with E-state index >= 15 is 0 Å². The van der Waals surface area contributed by atoms with Crippen LogP contribution >= 0.6 is 11.6 Å². The van der Waals surface area contributed by atoms with E-state index in [2.05, 4.69) is 10.3 Å². The normalized spacial score (nSPS) is 10.5. The van der Waals surface area contributed by atoms with Crippen LogP contribution in [0.4, 0.5) is 21.5 Å². The van der Waals surface area contributed by atoms with Crippen molar-refractivity contribution in [3.63, 3.8) is 0 Å². The molecule has 0 aliphatic rings. The minimum Gasteiger partial charge on any atom is -0.354 e. The van der Waals surface area contributed by atoms with Gasteiger partial charge in [0.1, 0.15) is 11.9 Å². The first-order valence-electron chi connectivity index (χ1n) is 7.10. The number of fused-ring (bicyclic) bond motifs is 1. The van der Waals surface area contributed by atoms with E-state index in [0.717, 1.165) is 0 Å². The molecule has 0 aliphatic carbocycles. The summed E-state index contributed by atoms with van der Waals surface area (Å²) in [6, 6.07) is 8.95. The topological polar surface area (TPSA) is 91.8 Å². The SMILES string of the molecule is Cc1cc2ncc(C#N)c(Nc3ccc(F)c(Cl)c3)c2cc1[N+](=O)[O-]. The molecule has 0 fully saturated rings. The highest BCUT2D eigenvalue weighted by molar-refractivity contribution is 6.31. The number of nitriles is 1. The summed E-state index contributed by atoms with van der Waals surface area (Å²) in [5, 5.41) is 23.9. The molecule has 0 amide bonds. The van der Waals surface area contributed by atoms with Crippen molar-refractivity contribution >= 4 is 39.6 Å². The Morgan fingerprint density at radius 3 is 2.76 bits per heavy atom. The largest absolute Gasteiger partial charge is 0.354 e. The number of hydrogen-bond donors (Lipinski definition) is 1. The standard InChI is InChI=1S/C17H10ClFN4O2/c1-9-4-15-12(6-16(9)23(24)25)17(10(7-20)8-21-15)22-11-2-3-14(19)13(18)5-11/h2-6,8H,1H3,(H,21,22). The molecule has 0 atom stereocenters. The molecule has 6 nitrogen and oxygen atoms in total. The fourth-order valence-electron chi connectivity index (χ4n) is 2.47. The number of nitro groups is 1. The van der Waals surface area contributed by atoms with E-state index < -0.39 is 10.7 Å². The molecule has 0 radical (unpaired) electrons. The van der Waals surface area contributed by atoms with Crippen LogP contribution in [-0.4, -0.2) is 9.91 Å². The molecule has 1 heterocycles. The molecule has 25 heavy (non-hydrogen) atoms. The van der Waals surface area contributed by atoms with Crippen molar-refractivity contribution < 1.29 is 9.31 Å². The lowest BCUT2D eigenvalue weighted by Gasteiger charge is -2.12. The van der Waals surface area contributed by atoms with Gasteiger partial charge in [-0.15, -0.1) is 0 Å². The Morgan fingerprint density at radius 2 is 2.12 bits per heavy atom. The van der Waals surface area contributed by atoms with Gasteiger partial charge in [0.25, 0.3) is 5.69 Å². The van der Waals surface area contributed by atoms with E-state index in [1.165, 1.54) is 30.5 Å². The minimum atomic E-state index is -0.571. The Bertz CT molecular complexity index is 1060. The second kappa shape index (κ2) is 6.34. The van der Waals surface area contributed by atoms with E-state index in [1.54, 1.807) is 13.0 Å². The molecule has 1 aromatic heterocycles. The molecule has 8 heteroatoms. The number of halogens is 2. The Balaban J connectivity index is 2.23. The van der Waals surface area contributed by atoms with Crippen molar-refractivity contribution in [3.8, 4) is 6.07 Å². The summed E-state index contributed by atoms with van der Waals surface area (Å²) in [6.07, 6.45) is 1.38. The van der Waals surface area contributed by atoms with Crippen LogP contribution in [0.5, 0.6) is 0 Å². The van der Waals surface area contributed by atoms with E-state index in [-0.39, 0.29) is 16.3 Å². The van der Waals surface area contributed by atoms with Crippen molar-refractivity contribution in [3.05, 3.63) is 68.6 Å². The van der Waals surface area contributed by atoms with Gasteiger partial charge >= 0.3 is 0 Å². The minimum absolute atomic E-state index is 0.0791. The first-order valence-corrected chi connectivity index (χ1v) is 7.48. The van der Waals surface area contributed by atoms with Gasteiger partial charge in [0, 0.05) is 28.9 Å². The van der Waals surface area contributed by atoms with Gasteiger partial charge in [-0.25, -0.2) is 4.39 Å². The first-order chi connectivity index (χ1) is 11.9. The van der Waals surface area contributed by atoms with E-state index in [4.69, 9.17) is 11.6 Å². The molecule has 0 unspecified atom stereocenters. The van der Waals surface area contributed by atoms with Crippen molar-refractivity contribution in [1.29, 1.82) is 5.26 Å². The average Bonchev–Trinajstić information content (AvgIpc) is 2.57. The van der Waals surface area contributed by atoms with Crippen LogP contribution in [0.15, 0.2) is 36.5 Å². The molecule has 3 aromatic rings. The number of benzene rings is 2. The van der Waals surface area contributed by atoms with Gasteiger partial charge in [-0.05, 0) is 31.2 Å². The van der Waals surface area contributed by atoms with Crippen LogP contribution in [0.25, 0.3) is 10.9 Å². The number of hydrogen-bond acceptors (Lipinski definition) is 5. The van der Waals surface area contributed by atoms with Gasteiger partial charge < -0.3 is 5.32 Å². The van der Waals surface area contributed by atoms with Gasteiger partial charge in [-0.3, -0.25) is 15.1 Å². The van der Waals surface area contributed by atoms with E-state index in [1.807, 2.05) is 6.07 Å². The van der Waals surface area contributed by atoms with Gasteiger partial charge in [0.15, 0.2) is 0 Å². The maximum atomic E-state index is 13.3. The summed E-state index contributed by atoms with van der Waals surface area (Å²) in [5.74, 6) is -0.571. The molecule has 0 saturated heterocycles. The number of pyridine rings is 1. The van der Waals surface area contributed by atoms with Crippen molar-refractivity contribution in [2.75, 3.05) is 5.32 Å². The molecular formula is C17H10ClFN4O2. The zero-order chi connectivity index (χ0) is 18.1. The van der Waals surface area contributed by atoms with Crippen LogP contribution in [0.3, 0.4) is 0 Å². The van der Waals surface area contributed by atoms with Crippen LogP contribution in [-0.2, 0) is 0 Å². The van der Waals surface area contributed by atoms with Crippen LogP contribution in [0.1, 0.15) is 11.1 Å². The maximum Gasteiger partial charge on any atom is 0.273 e. The van der Waals surface area contributed by atoms with Crippen molar-refractivity contribution in [2.24, 2.45) is 0 Å². The zero-order valence-electron chi connectivity index (χ0n) is 12.9. The second-order valence-electron chi connectivity index (χ2n) is 5.33. The van der Waals surface area contributed by atoms with E-state index in [0.29, 0.717) is 27.8 Å². The monoisotopic (exact) mass is 356 g/mol. The first kappa shape index (κ1) is 16.6. The van der Waals surface area contributed by atoms with E-state index in [9.17, 15) is 19.8 Å². The molecule has 124 valence electrons. The number of nitrogens with zero attached hydrogens (tertiary/aromatic N) is 3. The molecule has 1 N–H and O–H groups in total. The molecule has 3 rings (SSSR count). The fraction of sp³-hybridized carbons (Fsp3) is 0.0588. The predicted octanol–water partition coefficient (Wildman–Crippen LogP) is 4.86. The molecule has 0 spiro atoms. The third kappa shape index (κ3) is 3.07.